The summed E-state index contributed by atoms with van der Waals surface area (Å²) < 4.78 is 22.0. The van der Waals surface area contributed by atoms with Crippen LogP contribution in [0, 0.1) is 6.92 Å². The van der Waals surface area contributed by atoms with Gasteiger partial charge in [0, 0.05) is 23.6 Å². The summed E-state index contributed by atoms with van der Waals surface area (Å²) in [6.45, 7) is 4.77. The zero-order valence-electron chi connectivity index (χ0n) is 14.8. The summed E-state index contributed by atoms with van der Waals surface area (Å²) in [7, 11) is 0. The Balaban J connectivity index is 1.56. The van der Waals surface area contributed by atoms with Crippen LogP contribution in [0.25, 0.3) is 11.0 Å². The van der Waals surface area contributed by atoms with Gasteiger partial charge in [-0.25, -0.2) is 4.79 Å². The van der Waals surface area contributed by atoms with E-state index in [2.05, 4.69) is 10.1 Å². The van der Waals surface area contributed by atoms with E-state index in [0.29, 0.717) is 23.0 Å². The fourth-order valence-corrected chi connectivity index (χ4v) is 3.23. The number of hydrogen-bond acceptors (Lipinski definition) is 7. The van der Waals surface area contributed by atoms with Crippen LogP contribution in [-0.2, 0) is 17.8 Å². The summed E-state index contributed by atoms with van der Waals surface area (Å²) in [5.74, 6) is 1.58. The van der Waals surface area contributed by atoms with E-state index in [4.69, 9.17) is 18.4 Å². The van der Waals surface area contributed by atoms with Crippen LogP contribution in [0.4, 0.5) is 0 Å². The van der Waals surface area contributed by atoms with Crippen LogP contribution in [0.3, 0.4) is 0 Å². The highest BCUT2D eigenvalue weighted by Crippen LogP contribution is 2.30. The Morgan fingerprint density at radius 2 is 2.23 bits per heavy atom. The van der Waals surface area contributed by atoms with E-state index in [1.54, 1.807) is 0 Å². The highest BCUT2D eigenvalue weighted by atomic mass is 16.5. The van der Waals surface area contributed by atoms with E-state index in [1.807, 2.05) is 26.0 Å². The average Bonchev–Trinajstić information content (AvgIpc) is 3.32. The van der Waals surface area contributed by atoms with Crippen LogP contribution in [0.15, 0.2) is 31.9 Å². The molecule has 1 fully saturated rings. The van der Waals surface area contributed by atoms with Gasteiger partial charge in [0.15, 0.2) is 6.61 Å². The second kappa shape index (κ2) is 6.92. The van der Waals surface area contributed by atoms with E-state index >= 15 is 0 Å². The quantitative estimate of drug-likeness (QED) is 0.647. The molecule has 0 radical (unpaired) electrons. The Bertz CT molecular complexity index is 985. The molecule has 1 atom stereocenters. The maximum Gasteiger partial charge on any atom is 0.336 e. The Labute approximate surface area is 149 Å². The molecular weight excluding hydrogens is 336 g/mol. The molecule has 3 heterocycles. The van der Waals surface area contributed by atoms with Crippen molar-refractivity contribution in [3.05, 3.63) is 51.5 Å². The second-order valence-electron chi connectivity index (χ2n) is 6.35. The van der Waals surface area contributed by atoms with Gasteiger partial charge in [0.05, 0.1) is 0 Å². The number of aryl methyl sites for hydroxylation is 2. The predicted molar refractivity (Wildman–Crippen MR) is 93.2 cm³/mol. The fraction of sp³-hybridized carbons (Fsp3) is 0.421. The first kappa shape index (κ1) is 16.8. The van der Waals surface area contributed by atoms with Gasteiger partial charge in [0.25, 0.3) is 5.89 Å². The minimum atomic E-state index is -0.353. The van der Waals surface area contributed by atoms with Crippen LogP contribution >= 0.6 is 0 Å². The molecule has 3 aromatic rings. The molecule has 0 aliphatic carbocycles. The van der Waals surface area contributed by atoms with Gasteiger partial charge in [0.2, 0.25) is 5.82 Å². The van der Waals surface area contributed by atoms with Gasteiger partial charge >= 0.3 is 5.63 Å². The van der Waals surface area contributed by atoms with Gasteiger partial charge in [-0.05, 0) is 43.9 Å². The molecule has 1 saturated heterocycles. The maximum atomic E-state index is 11.8. The number of aromatic nitrogens is 2. The SMILES string of the molecule is CCc1cc(=O)oc2c(C)c(OCc3noc(C4CCCO4)n3)ccc12. The number of ether oxygens (including phenoxy) is 2. The number of nitrogens with zero attached hydrogens (tertiary/aromatic N) is 2. The molecular formula is C19H20N2O5. The lowest BCUT2D eigenvalue weighted by molar-refractivity contribution is 0.0835. The Morgan fingerprint density at radius 3 is 3.00 bits per heavy atom. The highest BCUT2D eigenvalue weighted by molar-refractivity contribution is 5.84. The van der Waals surface area contributed by atoms with Crippen molar-refractivity contribution in [2.45, 2.75) is 45.8 Å². The standard InChI is InChI=1S/C19H20N2O5/c1-3-12-9-17(22)25-18-11(2)14(7-6-13(12)18)24-10-16-20-19(26-21-16)15-5-4-8-23-15/h6-7,9,15H,3-5,8,10H2,1-2H3. The van der Waals surface area contributed by atoms with E-state index < -0.39 is 0 Å². The lowest BCUT2D eigenvalue weighted by Crippen LogP contribution is -2.03. The molecule has 0 N–H and O–H groups in total. The van der Waals surface area contributed by atoms with E-state index in [9.17, 15) is 4.79 Å². The van der Waals surface area contributed by atoms with Crippen LogP contribution in [0.1, 0.15) is 48.7 Å². The molecule has 0 saturated carbocycles. The summed E-state index contributed by atoms with van der Waals surface area (Å²) in [4.78, 5) is 16.1. The van der Waals surface area contributed by atoms with Crippen molar-refractivity contribution in [1.29, 1.82) is 0 Å². The molecule has 2 aromatic heterocycles. The van der Waals surface area contributed by atoms with Crippen LogP contribution in [0.5, 0.6) is 5.75 Å². The van der Waals surface area contributed by atoms with Crippen LogP contribution in [-0.4, -0.2) is 16.7 Å². The van der Waals surface area contributed by atoms with Crippen molar-refractivity contribution in [2.75, 3.05) is 6.61 Å². The topological polar surface area (TPSA) is 87.6 Å². The number of rotatable bonds is 5. The molecule has 1 aliphatic heterocycles. The molecule has 1 unspecified atom stereocenters. The first-order chi connectivity index (χ1) is 12.7. The molecule has 4 rings (SSSR count). The summed E-state index contributed by atoms with van der Waals surface area (Å²) >= 11 is 0. The van der Waals surface area contributed by atoms with E-state index in [-0.39, 0.29) is 18.3 Å². The maximum absolute atomic E-state index is 11.8. The second-order valence-corrected chi connectivity index (χ2v) is 6.35. The highest BCUT2D eigenvalue weighted by Gasteiger charge is 2.24. The monoisotopic (exact) mass is 356 g/mol. The van der Waals surface area contributed by atoms with Gasteiger partial charge in [-0.15, -0.1) is 0 Å². The van der Waals surface area contributed by atoms with Gasteiger partial charge in [-0.2, -0.15) is 4.98 Å². The smallest absolute Gasteiger partial charge is 0.336 e. The summed E-state index contributed by atoms with van der Waals surface area (Å²) in [6, 6.07) is 5.32. The molecule has 136 valence electrons. The summed E-state index contributed by atoms with van der Waals surface area (Å²) in [5, 5.41) is 4.87. The molecule has 7 nitrogen and oxygen atoms in total. The van der Waals surface area contributed by atoms with Crippen molar-refractivity contribution < 1.29 is 18.4 Å². The third kappa shape index (κ3) is 3.10. The minimum Gasteiger partial charge on any atom is -0.485 e. The fourth-order valence-electron chi connectivity index (χ4n) is 3.23. The molecule has 0 bridgehead atoms. The lowest BCUT2D eigenvalue weighted by atomic mass is 10.0. The average molecular weight is 356 g/mol. The molecule has 26 heavy (non-hydrogen) atoms. The van der Waals surface area contributed by atoms with Gasteiger partial charge in [-0.1, -0.05) is 12.1 Å². The third-order valence-corrected chi connectivity index (χ3v) is 4.62. The van der Waals surface area contributed by atoms with E-state index in [1.165, 1.54) is 6.07 Å². The molecule has 7 heteroatoms. The van der Waals surface area contributed by atoms with Gasteiger partial charge in [-0.3, -0.25) is 0 Å². The van der Waals surface area contributed by atoms with Crippen molar-refractivity contribution in [3.63, 3.8) is 0 Å². The van der Waals surface area contributed by atoms with Crippen LogP contribution in [0.2, 0.25) is 0 Å². The van der Waals surface area contributed by atoms with Crippen LogP contribution < -0.4 is 10.4 Å². The third-order valence-electron chi connectivity index (χ3n) is 4.62. The van der Waals surface area contributed by atoms with Crippen molar-refractivity contribution >= 4 is 11.0 Å². The Kier molecular flexibility index (Phi) is 4.46. The summed E-state index contributed by atoms with van der Waals surface area (Å²) in [6.07, 6.45) is 2.54. The molecule has 1 aliphatic rings. The first-order valence-corrected chi connectivity index (χ1v) is 8.79. The van der Waals surface area contributed by atoms with Gasteiger partial charge < -0.3 is 18.4 Å². The van der Waals surface area contributed by atoms with Crippen molar-refractivity contribution in [3.8, 4) is 5.75 Å². The first-order valence-electron chi connectivity index (χ1n) is 8.79. The number of benzene rings is 1. The minimum absolute atomic E-state index is 0.111. The molecule has 0 amide bonds. The molecule has 0 spiro atoms. The van der Waals surface area contributed by atoms with Gasteiger partial charge in [0.1, 0.15) is 17.4 Å². The Hall–Kier alpha value is -2.67. The van der Waals surface area contributed by atoms with Crippen molar-refractivity contribution in [1.82, 2.24) is 10.1 Å². The zero-order valence-corrected chi connectivity index (χ0v) is 14.8. The largest absolute Gasteiger partial charge is 0.485 e. The lowest BCUT2D eigenvalue weighted by Gasteiger charge is -2.10. The number of hydrogen-bond donors (Lipinski definition) is 0. The zero-order chi connectivity index (χ0) is 18.1. The summed E-state index contributed by atoms with van der Waals surface area (Å²) in [5.41, 5.74) is 1.94. The van der Waals surface area contributed by atoms with E-state index in [0.717, 1.165) is 42.4 Å². The molecule has 1 aromatic carbocycles. The Morgan fingerprint density at radius 1 is 1.35 bits per heavy atom. The normalized spacial score (nSPS) is 17.1. The number of fused-ring (bicyclic) bond motifs is 1. The van der Waals surface area contributed by atoms with Crippen molar-refractivity contribution in [2.24, 2.45) is 0 Å². The predicted octanol–water partition coefficient (Wildman–Crippen LogP) is 3.48.